The molecule has 0 aromatic heterocycles. The van der Waals surface area contributed by atoms with Crippen LogP contribution in [0.4, 0.5) is 20.2 Å². The minimum atomic E-state index is -2.92. The molecule has 30 heavy (non-hydrogen) atoms. The smallest absolute Gasteiger partial charge is 0.387 e. The molecule has 6 heteroatoms. The first kappa shape index (κ1) is 20.5. The molecule has 4 nitrogen and oxygen atoms in total. The monoisotopic (exact) mass is 412 g/mol. The van der Waals surface area contributed by atoms with Gasteiger partial charge in [-0.3, -0.25) is 4.99 Å². The van der Waals surface area contributed by atoms with Crippen molar-refractivity contribution in [2.75, 3.05) is 18.0 Å². The van der Waals surface area contributed by atoms with Crippen molar-refractivity contribution in [2.24, 2.45) is 4.99 Å². The number of rotatable bonds is 8. The number of ether oxygens (including phenoxy) is 2. The molecule has 0 saturated heterocycles. The lowest BCUT2D eigenvalue weighted by Gasteiger charge is -2.41. The molecular weight excluding hydrogens is 386 g/mol. The van der Waals surface area contributed by atoms with Crippen molar-refractivity contribution in [1.29, 1.82) is 0 Å². The quantitative estimate of drug-likeness (QED) is 0.555. The zero-order valence-electron chi connectivity index (χ0n) is 16.8. The third-order valence-corrected chi connectivity index (χ3v) is 5.59. The van der Waals surface area contributed by atoms with Crippen LogP contribution in [0.25, 0.3) is 0 Å². The predicted molar refractivity (Wildman–Crippen MR) is 114 cm³/mol. The highest BCUT2D eigenvalue weighted by atomic mass is 19.3. The number of halogens is 2. The number of anilines is 2. The second-order valence-electron chi connectivity index (χ2n) is 7.68. The summed E-state index contributed by atoms with van der Waals surface area (Å²) < 4.78 is 38.1. The molecule has 1 fully saturated rings. The molecule has 0 bridgehead atoms. The first-order valence-electron chi connectivity index (χ1n) is 10.4. The molecule has 0 N–H and O–H groups in total. The zero-order chi connectivity index (χ0) is 20.8. The number of para-hydroxylation sites is 2. The number of hydrogen-bond acceptors (Lipinski definition) is 4. The van der Waals surface area contributed by atoms with Crippen molar-refractivity contribution in [3.63, 3.8) is 0 Å². The van der Waals surface area contributed by atoms with E-state index in [1.807, 2.05) is 60.7 Å². The molecule has 1 saturated carbocycles. The fourth-order valence-electron chi connectivity index (χ4n) is 4.18. The lowest BCUT2D eigenvalue weighted by atomic mass is 9.96. The third-order valence-electron chi connectivity index (χ3n) is 5.59. The molecule has 1 atom stereocenters. The lowest BCUT2D eigenvalue weighted by molar-refractivity contribution is -0.150. The molecule has 1 aliphatic carbocycles. The Bertz CT molecular complexity index is 828. The van der Waals surface area contributed by atoms with E-state index in [1.165, 1.54) is 12.3 Å². The van der Waals surface area contributed by atoms with Crippen LogP contribution in [0.1, 0.15) is 25.7 Å². The molecule has 1 heterocycles. The summed E-state index contributed by atoms with van der Waals surface area (Å²) in [6.07, 6.45) is 7.05. The summed E-state index contributed by atoms with van der Waals surface area (Å²) in [5.74, 6) is 0.135. The first-order chi connectivity index (χ1) is 14.7. The van der Waals surface area contributed by atoms with Gasteiger partial charge in [0.05, 0.1) is 19.2 Å². The number of hydrogen-bond donors (Lipinski definition) is 0. The predicted octanol–water partition coefficient (Wildman–Crippen LogP) is 5.73. The van der Waals surface area contributed by atoms with Gasteiger partial charge in [0.1, 0.15) is 5.76 Å². The van der Waals surface area contributed by atoms with Crippen LogP contribution in [0.15, 0.2) is 77.5 Å². The van der Waals surface area contributed by atoms with Crippen LogP contribution in [0, 0.1) is 0 Å². The number of allylic oxidation sites excluding steroid dienone is 1. The van der Waals surface area contributed by atoms with Gasteiger partial charge in [0.15, 0.2) is 5.60 Å². The molecule has 0 radical (unpaired) electrons. The molecule has 0 spiro atoms. The maximum absolute atomic E-state index is 13.3. The van der Waals surface area contributed by atoms with Crippen LogP contribution < -0.4 is 4.90 Å². The molecule has 1 unspecified atom stereocenters. The van der Waals surface area contributed by atoms with E-state index in [4.69, 9.17) is 9.47 Å². The average Bonchev–Trinajstić information content (AvgIpc) is 3.27. The van der Waals surface area contributed by atoms with Gasteiger partial charge in [-0.25, -0.2) is 0 Å². The third kappa shape index (κ3) is 4.70. The van der Waals surface area contributed by atoms with E-state index in [-0.39, 0.29) is 18.4 Å². The SMILES string of the molecule is FC(F)OC1=CC=NCC1(CN(c1ccccc1)c1ccccc1)OC1CCCC1. The maximum atomic E-state index is 13.3. The molecular formula is C24H26F2N2O2. The highest BCUT2D eigenvalue weighted by molar-refractivity contribution is 5.74. The summed E-state index contributed by atoms with van der Waals surface area (Å²) in [7, 11) is 0. The fourth-order valence-corrected chi connectivity index (χ4v) is 4.18. The molecule has 0 amide bonds. The Morgan fingerprint density at radius 1 is 0.967 bits per heavy atom. The Labute approximate surface area is 175 Å². The van der Waals surface area contributed by atoms with Crippen LogP contribution in [0.2, 0.25) is 0 Å². The van der Waals surface area contributed by atoms with Crippen molar-refractivity contribution in [3.05, 3.63) is 72.5 Å². The largest absolute Gasteiger partial charge is 0.436 e. The molecule has 1 aliphatic heterocycles. The number of benzene rings is 2. The van der Waals surface area contributed by atoms with Crippen molar-refractivity contribution in [2.45, 2.75) is 44.0 Å². The van der Waals surface area contributed by atoms with Crippen molar-refractivity contribution in [1.82, 2.24) is 0 Å². The highest BCUT2D eigenvalue weighted by Crippen LogP contribution is 2.37. The Kier molecular flexibility index (Phi) is 6.43. The fraction of sp³-hybridized carbons (Fsp3) is 0.375. The first-order valence-corrected chi connectivity index (χ1v) is 10.4. The minimum Gasteiger partial charge on any atom is -0.436 e. The number of alkyl halides is 2. The minimum absolute atomic E-state index is 0.0105. The lowest BCUT2D eigenvalue weighted by Crippen LogP contribution is -2.51. The summed E-state index contributed by atoms with van der Waals surface area (Å²) in [6, 6.07) is 19.7. The van der Waals surface area contributed by atoms with E-state index in [1.54, 1.807) is 0 Å². The van der Waals surface area contributed by atoms with Gasteiger partial charge in [0, 0.05) is 17.6 Å². The molecule has 2 aromatic carbocycles. The molecule has 2 aliphatic rings. The van der Waals surface area contributed by atoms with Gasteiger partial charge in [0.25, 0.3) is 0 Å². The summed E-state index contributed by atoms with van der Waals surface area (Å²) in [5, 5.41) is 0. The highest BCUT2D eigenvalue weighted by Gasteiger charge is 2.44. The Hall–Kier alpha value is -2.73. The van der Waals surface area contributed by atoms with Crippen molar-refractivity contribution >= 4 is 17.6 Å². The van der Waals surface area contributed by atoms with Crippen LogP contribution >= 0.6 is 0 Å². The zero-order valence-corrected chi connectivity index (χ0v) is 16.8. The van der Waals surface area contributed by atoms with Gasteiger partial charge in [0.2, 0.25) is 0 Å². The number of aliphatic imine (C=N–C) groups is 1. The molecule has 2 aromatic rings. The van der Waals surface area contributed by atoms with Crippen LogP contribution in [-0.2, 0) is 9.47 Å². The molecule has 4 rings (SSSR count). The van der Waals surface area contributed by atoms with Gasteiger partial charge < -0.3 is 14.4 Å². The van der Waals surface area contributed by atoms with Gasteiger partial charge >= 0.3 is 6.61 Å². The summed E-state index contributed by atoms with van der Waals surface area (Å²) in [4.78, 5) is 6.47. The van der Waals surface area contributed by atoms with Gasteiger partial charge in [-0.15, -0.1) is 0 Å². The van der Waals surface area contributed by atoms with Gasteiger partial charge in [-0.1, -0.05) is 49.2 Å². The van der Waals surface area contributed by atoms with E-state index in [2.05, 4.69) is 9.89 Å². The maximum Gasteiger partial charge on any atom is 0.387 e. The van der Waals surface area contributed by atoms with Crippen molar-refractivity contribution in [3.8, 4) is 0 Å². The van der Waals surface area contributed by atoms with E-state index in [0.717, 1.165) is 37.1 Å². The number of dihydropyridines is 1. The van der Waals surface area contributed by atoms with Crippen LogP contribution in [0.5, 0.6) is 0 Å². The van der Waals surface area contributed by atoms with Crippen LogP contribution in [-0.4, -0.2) is 37.6 Å². The normalized spacial score (nSPS) is 21.6. The average molecular weight is 412 g/mol. The summed E-state index contributed by atoms with van der Waals surface area (Å²) >= 11 is 0. The van der Waals surface area contributed by atoms with E-state index < -0.39 is 12.2 Å². The summed E-state index contributed by atoms with van der Waals surface area (Å²) in [6.45, 7) is -2.37. The number of nitrogens with zero attached hydrogens (tertiary/aromatic N) is 2. The van der Waals surface area contributed by atoms with Gasteiger partial charge in [-0.2, -0.15) is 8.78 Å². The van der Waals surface area contributed by atoms with Crippen molar-refractivity contribution < 1.29 is 18.3 Å². The second-order valence-corrected chi connectivity index (χ2v) is 7.68. The Morgan fingerprint density at radius 3 is 2.13 bits per heavy atom. The van der Waals surface area contributed by atoms with E-state index >= 15 is 0 Å². The second kappa shape index (κ2) is 9.39. The topological polar surface area (TPSA) is 34.1 Å². The Morgan fingerprint density at radius 2 is 1.57 bits per heavy atom. The van der Waals surface area contributed by atoms with Crippen LogP contribution in [0.3, 0.4) is 0 Å². The standard InChI is InChI=1S/C24H26F2N2O2/c25-23(26)29-22-15-16-27-17-24(22,30-21-13-7-8-14-21)18-28(19-9-3-1-4-10-19)20-11-5-2-6-12-20/h1-6,9-12,15-16,21,23H,7-8,13-14,17-18H2. The van der Waals surface area contributed by atoms with E-state index in [0.29, 0.717) is 6.54 Å². The Balaban J connectivity index is 1.73. The molecule has 158 valence electrons. The summed E-state index contributed by atoms with van der Waals surface area (Å²) in [5.41, 5.74) is 0.805. The van der Waals surface area contributed by atoms with Gasteiger partial charge in [-0.05, 0) is 43.2 Å². The van der Waals surface area contributed by atoms with E-state index in [9.17, 15) is 8.78 Å².